The Balaban J connectivity index is 1.81. The molecule has 5 nitrogen and oxygen atoms in total. The molecule has 0 saturated carbocycles. The number of carbonyl (C=O) groups is 2. The number of amides is 2. The molecule has 1 atom stereocenters. The molecular formula is C19H21ClN2O3S. The summed E-state index contributed by atoms with van der Waals surface area (Å²) in [6, 6.07) is 6.62. The number of hydrogen-bond donors (Lipinski definition) is 1. The molecule has 26 heavy (non-hydrogen) atoms. The standard InChI is InChI=1S/C19H21ClN2O3S/c1-12-10-14(16(25-2)11-13(12)20)21-18(23)15-6-3-4-8-22(15)19(24)17-7-5-9-26-17/h5,7,9-11,15H,3-4,6,8H2,1-2H3,(H,21,23)/t15-/m1/s1. The van der Waals surface area contributed by atoms with Crippen LogP contribution in [0, 0.1) is 6.92 Å². The molecule has 138 valence electrons. The average molecular weight is 393 g/mol. The van der Waals surface area contributed by atoms with Gasteiger partial charge in [0.1, 0.15) is 11.8 Å². The van der Waals surface area contributed by atoms with Crippen LogP contribution in [0.1, 0.15) is 34.5 Å². The second-order valence-electron chi connectivity index (χ2n) is 6.28. The zero-order valence-electron chi connectivity index (χ0n) is 14.8. The van der Waals surface area contributed by atoms with Gasteiger partial charge in [-0.1, -0.05) is 17.7 Å². The third-order valence-electron chi connectivity index (χ3n) is 4.54. The molecule has 7 heteroatoms. The molecule has 0 radical (unpaired) electrons. The Morgan fingerprint density at radius 3 is 2.85 bits per heavy atom. The van der Waals surface area contributed by atoms with Gasteiger partial charge in [-0.25, -0.2) is 0 Å². The van der Waals surface area contributed by atoms with E-state index in [9.17, 15) is 9.59 Å². The molecule has 2 amide bonds. The predicted molar refractivity (Wildman–Crippen MR) is 104 cm³/mol. The molecule has 1 N–H and O–H groups in total. The third-order valence-corrected chi connectivity index (χ3v) is 5.80. The Hall–Kier alpha value is -2.05. The second-order valence-corrected chi connectivity index (χ2v) is 7.63. The summed E-state index contributed by atoms with van der Waals surface area (Å²) in [6.45, 7) is 2.45. The SMILES string of the molecule is COc1cc(Cl)c(C)cc1NC(=O)[C@H]1CCCCN1C(=O)c1cccs1. The van der Waals surface area contributed by atoms with Crippen LogP contribution in [-0.2, 0) is 4.79 Å². The number of benzene rings is 1. The van der Waals surface area contributed by atoms with Gasteiger partial charge in [-0.2, -0.15) is 0 Å². The minimum atomic E-state index is -0.487. The number of halogens is 1. The third kappa shape index (κ3) is 3.86. The van der Waals surface area contributed by atoms with Crippen molar-refractivity contribution in [3.63, 3.8) is 0 Å². The van der Waals surface area contributed by atoms with Crippen molar-refractivity contribution in [1.29, 1.82) is 0 Å². The van der Waals surface area contributed by atoms with Gasteiger partial charge < -0.3 is 15.0 Å². The van der Waals surface area contributed by atoms with Crippen LogP contribution in [-0.4, -0.2) is 36.4 Å². The topological polar surface area (TPSA) is 58.6 Å². The number of nitrogens with one attached hydrogen (secondary N) is 1. The first-order chi connectivity index (χ1) is 12.5. The van der Waals surface area contributed by atoms with E-state index in [0.717, 1.165) is 18.4 Å². The van der Waals surface area contributed by atoms with E-state index in [1.54, 1.807) is 23.1 Å². The molecule has 0 bridgehead atoms. The molecule has 1 aliphatic heterocycles. The highest BCUT2D eigenvalue weighted by atomic mass is 35.5. The maximum absolute atomic E-state index is 12.9. The van der Waals surface area contributed by atoms with Crippen molar-refractivity contribution in [2.24, 2.45) is 0 Å². The molecule has 2 aromatic rings. The highest BCUT2D eigenvalue weighted by molar-refractivity contribution is 7.12. The minimum Gasteiger partial charge on any atom is -0.495 e. The van der Waals surface area contributed by atoms with Gasteiger partial charge in [0.05, 0.1) is 17.7 Å². The minimum absolute atomic E-state index is 0.0842. The van der Waals surface area contributed by atoms with E-state index in [1.165, 1.54) is 18.4 Å². The van der Waals surface area contributed by atoms with Crippen molar-refractivity contribution in [2.45, 2.75) is 32.2 Å². The maximum Gasteiger partial charge on any atom is 0.264 e. The van der Waals surface area contributed by atoms with Crippen LogP contribution < -0.4 is 10.1 Å². The number of thiophene rings is 1. The van der Waals surface area contributed by atoms with Crippen LogP contribution in [0.3, 0.4) is 0 Å². The van der Waals surface area contributed by atoms with E-state index in [4.69, 9.17) is 16.3 Å². The zero-order valence-corrected chi connectivity index (χ0v) is 16.3. The second kappa shape index (κ2) is 8.10. The lowest BCUT2D eigenvalue weighted by molar-refractivity contribution is -0.121. The van der Waals surface area contributed by atoms with E-state index in [-0.39, 0.29) is 11.8 Å². The van der Waals surface area contributed by atoms with Crippen molar-refractivity contribution < 1.29 is 14.3 Å². The number of methoxy groups -OCH3 is 1. The molecule has 0 spiro atoms. The van der Waals surface area contributed by atoms with Crippen molar-refractivity contribution in [3.8, 4) is 5.75 Å². The first-order valence-electron chi connectivity index (χ1n) is 8.50. The van der Waals surface area contributed by atoms with Crippen LogP contribution in [0.5, 0.6) is 5.75 Å². The maximum atomic E-state index is 12.9. The summed E-state index contributed by atoms with van der Waals surface area (Å²) in [5, 5.41) is 5.36. The average Bonchev–Trinajstić information content (AvgIpc) is 3.18. The summed E-state index contributed by atoms with van der Waals surface area (Å²) in [5.74, 6) is 0.217. The highest BCUT2D eigenvalue weighted by Crippen LogP contribution is 2.32. The fraction of sp³-hybridized carbons (Fsp3) is 0.368. The Morgan fingerprint density at radius 2 is 2.15 bits per heavy atom. The number of likely N-dealkylation sites (tertiary alicyclic amines) is 1. The van der Waals surface area contributed by atoms with Gasteiger partial charge in [0, 0.05) is 17.6 Å². The van der Waals surface area contributed by atoms with Crippen molar-refractivity contribution in [2.75, 3.05) is 19.0 Å². The largest absolute Gasteiger partial charge is 0.495 e. The lowest BCUT2D eigenvalue weighted by atomic mass is 10.0. The molecule has 1 saturated heterocycles. The molecule has 0 unspecified atom stereocenters. The zero-order chi connectivity index (χ0) is 18.7. The van der Waals surface area contributed by atoms with Gasteiger partial charge in [-0.3, -0.25) is 9.59 Å². The van der Waals surface area contributed by atoms with Gasteiger partial charge in [0.15, 0.2) is 0 Å². The van der Waals surface area contributed by atoms with Gasteiger partial charge in [-0.15, -0.1) is 11.3 Å². The van der Waals surface area contributed by atoms with Crippen molar-refractivity contribution in [1.82, 2.24) is 4.90 Å². The van der Waals surface area contributed by atoms with E-state index in [1.807, 2.05) is 18.4 Å². The number of nitrogens with zero attached hydrogens (tertiary/aromatic N) is 1. The van der Waals surface area contributed by atoms with Crippen LogP contribution in [0.25, 0.3) is 0 Å². The van der Waals surface area contributed by atoms with Gasteiger partial charge in [-0.05, 0) is 49.3 Å². The van der Waals surface area contributed by atoms with Gasteiger partial charge in [0.2, 0.25) is 5.91 Å². The van der Waals surface area contributed by atoms with E-state index < -0.39 is 6.04 Å². The highest BCUT2D eigenvalue weighted by Gasteiger charge is 2.33. The number of carbonyl (C=O) groups excluding carboxylic acids is 2. The number of piperidine rings is 1. The summed E-state index contributed by atoms with van der Waals surface area (Å²) in [4.78, 5) is 28.0. The fourth-order valence-electron chi connectivity index (χ4n) is 3.13. The van der Waals surface area contributed by atoms with Crippen molar-refractivity contribution >= 4 is 40.4 Å². The van der Waals surface area contributed by atoms with E-state index >= 15 is 0 Å². The summed E-state index contributed by atoms with van der Waals surface area (Å²) in [7, 11) is 1.53. The number of rotatable bonds is 4. The molecule has 1 aromatic heterocycles. The van der Waals surface area contributed by atoms with Gasteiger partial charge in [0.25, 0.3) is 5.91 Å². The summed E-state index contributed by atoms with van der Waals surface area (Å²) in [6.07, 6.45) is 2.48. The number of ether oxygens (including phenoxy) is 1. The van der Waals surface area contributed by atoms with Crippen LogP contribution in [0.4, 0.5) is 5.69 Å². The lowest BCUT2D eigenvalue weighted by Crippen LogP contribution is -2.49. The van der Waals surface area contributed by atoms with Crippen molar-refractivity contribution in [3.05, 3.63) is 45.1 Å². The number of hydrogen-bond acceptors (Lipinski definition) is 4. The first-order valence-corrected chi connectivity index (χ1v) is 9.76. The number of aryl methyl sites for hydroxylation is 1. The normalized spacial score (nSPS) is 17.0. The van der Waals surface area contributed by atoms with E-state index in [0.29, 0.717) is 34.3 Å². The molecule has 0 aliphatic carbocycles. The van der Waals surface area contributed by atoms with Gasteiger partial charge >= 0.3 is 0 Å². The molecule has 2 heterocycles. The fourth-order valence-corrected chi connectivity index (χ4v) is 3.97. The lowest BCUT2D eigenvalue weighted by Gasteiger charge is -2.34. The summed E-state index contributed by atoms with van der Waals surface area (Å²) >= 11 is 7.52. The molecule has 1 fully saturated rings. The molecular weight excluding hydrogens is 372 g/mol. The van der Waals surface area contributed by atoms with Crippen LogP contribution >= 0.6 is 22.9 Å². The van der Waals surface area contributed by atoms with E-state index in [2.05, 4.69) is 5.32 Å². The van der Waals surface area contributed by atoms with Crippen LogP contribution in [0.2, 0.25) is 5.02 Å². The molecule has 3 rings (SSSR count). The smallest absolute Gasteiger partial charge is 0.264 e. The Kier molecular flexibility index (Phi) is 5.84. The quantitative estimate of drug-likeness (QED) is 0.841. The monoisotopic (exact) mass is 392 g/mol. The molecule has 1 aromatic carbocycles. The summed E-state index contributed by atoms with van der Waals surface area (Å²) in [5.41, 5.74) is 1.41. The summed E-state index contributed by atoms with van der Waals surface area (Å²) < 4.78 is 5.32. The Labute approximate surface area is 161 Å². The first kappa shape index (κ1) is 18.7. The Bertz CT molecular complexity index is 807. The Morgan fingerprint density at radius 1 is 1.35 bits per heavy atom. The van der Waals surface area contributed by atoms with Crippen LogP contribution in [0.15, 0.2) is 29.6 Å². The number of anilines is 1. The predicted octanol–water partition coefficient (Wildman–Crippen LogP) is 4.35. The molecule has 1 aliphatic rings.